The average Bonchev–Trinajstić information content (AvgIpc) is 2.85. The van der Waals surface area contributed by atoms with E-state index in [0.717, 1.165) is 0 Å². The van der Waals surface area contributed by atoms with Crippen molar-refractivity contribution in [1.82, 2.24) is 25.9 Å². The van der Waals surface area contributed by atoms with E-state index in [1.54, 1.807) is 0 Å². The van der Waals surface area contributed by atoms with Crippen LogP contribution in [0.3, 0.4) is 0 Å². The van der Waals surface area contributed by atoms with E-state index in [-0.39, 0.29) is 11.1 Å². The van der Waals surface area contributed by atoms with Crippen LogP contribution in [0.25, 0.3) is 0 Å². The van der Waals surface area contributed by atoms with Crippen molar-refractivity contribution in [2.45, 2.75) is 19.5 Å². The largest absolute Gasteiger partial charge is 0.303 e. The minimum atomic E-state index is -0.496. The van der Waals surface area contributed by atoms with E-state index in [1.807, 2.05) is 6.92 Å². The highest BCUT2D eigenvalue weighted by Crippen LogP contribution is 2.32. The summed E-state index contributed by atoms with van der Waals surface area (Å²) in [5, 5.41) is 16.9. The molecule has 1 aromatic carbocycles. The Hall–Kier alpha value is -1.24. The molecule has 0 aliphatic heterocycles. The van der Waals surface area contributed by atoms with Crippen molar-refractivity contribution in [3.8, 4) is 0 Å². The van der Waals surface area contributed by atoms with Crippen molar-refractivity contribution in [2.75, 3.05) is 0 Å². The quantitative estimate of drug-likeness (QED) is 0.849. The summed E-state index contributed by atoms with van der Waals surface area (Å²) in [5.74, 6) is 0.00905. The number of H-pyrrole nitrogens is 1. The smallest absolute Gasteiger partial charge is 0.188 e. The van der Waals surface area contributed by atoms with Gasteiger partial charge in [-0.05, 0) is 19.1 Å². The first-order chi connectivity index (χ1) is 8.59. The Morgan fingerprint density at radius 2 is 2.22 bits per heavy atom. The van der Waals surface area contributed by atoms with Crippen molar-refractivity contribution in [1.29, 1.82) is 0 Å². The summed E-state index contributed by atoms with van der Waals surface area (Å²) in [4.78, 5) is 0. The molecule has 1 atom stereocenters. The highest BCUT2D eigenvalue weighted by molar-refractivity contribution is 6.36. The molecule has 1 heterocycles. The van der Waals surface area contributed by atoms with Crippen LogP contribution in [0.5, 0.6) is 0 Å². The first-order valence-corrected chi connectivity index (χ1v) is 5.94. The van der Waals surface area contributed by atoms with Crippen molar-refractivity contribution in [3.63, 3.8) is 0 Å². The van der Waals surface area contributed by atoms with Gasteiger partial charge in [0, 0.05) is 16.6 Å². The summed E-state index contributed by atoms with van der Waals surface area (Å²) < 4.78 is 13.4. The van der Waals surface area contributed by atoms with Gasteiger partial charge in [-0.15, -0.1) is 10.2 Å². The number of nitrogens with one attached hydrogen (secondary N) is 2. The topological polar surface area (TPSA) is 66.5 Å². The Balaban J connectivity index is 2.13. The average molecular weight is 290 g/mol. The molecule has 1 aromatic heterocycles. The van der Waals surface area contributed by atoms with Crippen molar-refractivity contribution in [3.05, 3.63) is 39.4 Å². The van der Waals surface area contributed by atoms with Gasteiger partial charge in [-0.3, -0.25) is 0 Å². The first kappa shape index (κ1) is 13.2. The molecule has 0 fully saturated rings. The molecule has 0 amide bonds. The fourth-order valence-corrected chi connectivity index (χ4v) is 2.24. The fraction of sp³-hybridized carbons (Fsp3) is 0.300. The van der Waals surface area contributed by atoms with E-state index in [0.29, 0.717) is 23.0 Å². The minimum absolute atomic E-state index is 0.0237. The molecule has 5 nitrogen and oxygen atoms in total. The van der Waals surface area contributed by atoms with Crippen LogP contribution in [-0.2, 0) is 6.54 Å². The second kappa shape index (κ2) is 5.60. The number of benzene rings is 1. The Kier molecular flexibility index (Phi) is 4.11. The Labute approximate surface area is 113 Å². The van der Waals surface area contributed by atoms with Gasteiger partial charge in [0.15, 0.2) is 5.82 Å². The van der Waals surface area contributed by atoms with E-state index >= 15 is 0 Å². The van der Waals surface area contributed by atoms with Gasteiger partial charge in [-0.25, -0.2) is 4.39 Å². The highest BCUT2D eigenvalue weighted by Gasteiger charge is 2.17. The van der Waals surface area contributed by atoms with Gasteiger partial charge < -0.3 is 5.32 Å². The molecule has 0 radical (unpaired) electrons. The highest BCUT2D eigenvalue weighted by atomic mass is 35.5. The van der Waals surface area contributed by atoms with Crippen LogP contribution in [-0.4, -0.2) is 20.6 Å². The standard InChI is InChI=1S/C10H10Cl2FN5/c1-5(14-4-8-15-17-18-16-8)9-6(11)2-3-7(13)10(9)12/h2-3,5,14H,4H2,1H3,(H,15,16,17,18). The number of rotatable bonds is 4. The predicted octanol–water partition coefficient (Wildman–Crippen LogP) is 2.50. The van der Waals surface area contributed by atoms with Crippen LogP contribution >= 0.6 is 23.2 Å². The molecule has 0 spiro atoms. The molecule has 2 rings (SSSR count). The lowest BCUT2D eigenvalue weighted by Gasteiger charge is -2.16. The number of aromatic amines is 1. The third-order valence-corrected chi connectivity index (χ3v) is 3.18. The Morgan fingerprint density at radius 1 is 1.44 bits per heavy atom. The van der Waals surface area contributed by atoms with Gasteiger partial charge in [0.05, 0.1) is 11.6 Å². The zero-order valence-electron chi connectivity index (χ0n) is 9.41. The van der Waals surface area contributed by atoms with E-state index in [4.69, 9.17) is 23.2 Å². The number of tetrazole rings is 1. The Morgan fingerprint density at radius 3 is 2.89 bits per heavy atom. The van der Waals surface area contributed by atoms with E-state index < -0.39 is 5.82 Å². The summed E-state index contributed by atoms with van der Waals surface area (Å²) in [6, 6.07) is 2.48. The molecular weight excluding hydrogens is 280 g/mol. The molecule has 18 heavy (non-hydrogen) atoms. The summed E-state index contributed by atoms with van der Waals surface area (Å²) in [6.07, 6.45) is 0. The molecule has 0 aliphatic rings. The summed E-state index contributed by atoms with van der Waals surface area (Å²) in [6.45, 7) is 2.20. The fourth-order valence-electron chi connectivity index (χ4n) is 1.54. The lowest BCUT2D eigenvalue weighted by Crippen LogP contribution is -2.20. The van der Waals surface area contributed by atoms with Gasteiger partial charge in [0.1, 0.15) is 5.82 Å². The molecule has 2 aromatic rings. The van der Waals surface area contributed by atoms with Gasteiger partial charge in [0.2, 0.25) is 0 Å². The molecule has 8 heteroatoms. The van der Waals surface area contributed by atoms with Crippen molar-refractivity contribution < 1.29 is 4.39 Å². The molecule has 96 valence electrons. The third kappa shape index (κ3) is 2.77. The molecule has 0 bridgehead atoms. The van der Waals surface area contributed by atoms with Crippen LogP contribution in [0.4, 0.5) is 4.39 Å². The van der Waals surface area contributed by atoms with Gasteiger partial charge in [-0.2, -0.15) is 5.21 Å². The first-order valence-electron chi connectivity index (χ1n) is 5.18. The van der Waals surface area contributed by atoms with Crippen LogP contribution in [0.2, 0.25) is 10.0 Å². The van der Waals surface area contributed by atoms with Crippen LogP contribution in [0, 0.1) is 5.82 Å². The van der Waals surface area contributed by atoms with Crippen LogP contribution in [0.1, 0.15) is 24.4 Å². The second-order valence-electron chi connectivity index (χ2n) is 3.69. The molecule has 0 aliphatic carbocycles. The number of halogens is 3. The van der Waals surface area contributed by atoms with Crippen LogP contribution < -0.4 is 5.32 Å². The lowest BCUT2D eigenvalue weighted by atomic mass is 10.1. The summed E-state index contributed by atoms with van der Waals surface area (Å²) in [5.41, 5.74) is 0.516. The summed E-state index contributed by atoms with van der Waals surface area (Å²) in [7, 11) is 0. The van der Waals surface area contributed by atoms with Gasteiger partial charge in [-0.1, -0.05) is 28.4 Å². The zero-order valence-corrected chi connectivity index (χ0v) is 10.9. The number of aromatic nitrogens is 4. The maximum Gasteiger partial charge on any atom is 0.188 e. The zero-order chi connectivity index (χ0) is 13.1. The van der Waals surface area contributed by atoms with Crippen molar-refractivity contribution >= 4 is 23.2 Å². The van der Waals surface area contributed by atoms with Gasteiger partial charge in [0.25, 0.3) is 0 Å². The molecule has 1 unspecified atom stereocenters. The monoisotopic (exact) mass is 289 g/mol. The lowest BCUT2D eigenvalue weighted by molar-refractivity contribution is 0.553. The number of nitrogens with zero attached hydrogens (tertiary/aromatic N) is 3. The molecule has 0 saturated carbocycles. The molecule has 2 N–H and O–H groups in total. The van der Waals surface area contributed by atoms with Gasteiger partial charge >= 0.3 is 0 Å². The summed E-state index contributed by atoms with van der Waals surface area (Å²) >= 11 is 11.9. The normalized spacial score (nSPS) is 12.7. The van der Waals surface area contributed by atoms with E-state index in [1.165, 1.54) is 12.1 Å². The maximum absolute atomic E-state index is 13.4. The third-order valence-electron chi connectivity index (χ3n) is 2.47. The molecular formula is C10H10Cl2FN5. The SMILES string of the molecule is CC(NCc1nn[nH]n1)c1c(Cl)ccc(F)c1Cl. The van der Waals surface area contributed by atoms with E-state index in [2.05, 4.69) is 25.9 Å². The minimum Gasteiger partial charge on any atom is -0.303 e. The Bertz CT molecular complexity index is 531. The van der Waals surface area contributed by atoms with E-state index in [9.17, 15) is 4.39 Å². The maximum atomic E-state index is 13.4. The van der Waals surface area contributed by atoms with Crippen molar-refractivity contribution in [2.24, 2.45) is 0 Å². The predicted molar refractivity (Wildman–Crippen MR) is 65.9 cm³/mol. The molecule has 0 saturated heterocycles. The van der Waals surface area contributed by atoms with Crippen LogP contribution in [0.15, 0.2) is 12.1 Å². The second-order valence-corrected chi connectivity index (χ2v) is 4.47. The number of hydrogen-bond donors (Lipinski definition) is 2. The number of hydrogen-bond acceptors (Lipinski definition) is 4.